The first kappa shape index (κ1) is 20.9. The van der Waals surface area contributed by atoms with E-state index in [0.717, 1.165) is 25.8 Å². The Hall–Kier alpha value is -1.45. The molecule has 1 aliphatic heterocycles. The normalized spacial score (nSPS) is 21.2. The predicted molar refractivity (Wildman–Crippen MR) is 108 cm³/mol. The molecule has 0 unspecified atom stereocenters. The molecule has 0 aromatic carbocycles. The number of aromatic nitrogens is 1. The Labute approximate surface area is 162 Å². The Morgan fingerprint density at radius 1 is 1.31 bits per heavy atom. The highest BCUT2D eigenvalue weighted by Gasteiger charge is 2.31. The van der Waals surface area contributed by atoms with Gasteiger partial charge in [-0.2, -0.15) is 4.31 Å². The number of nitrogens with one attached hydrogen (secondary N) is 3. The summed E-state index contributed by atoms with van der Waals surface area (Å²) in [6.45, 7) is 8.22. The highest BCUT2D eigenvalue weighted by atomic mass is 32.2. The third-order valence-electron chi connectivity index (χ3n) is 4.33. The number of hydrogen-bond donors (Lipinski definition) is 3. The van der Waals surface area contributed by atoms with Gasteiger partial charge in [-0.1, -0.05) is 27.2 Å². The van der Waals surface area contributed by atoms with Crippen molar-refractivity contribution in [3.8, 4) is 0 Å². The number of thiocarbonyl (C=S) groups is 1. The van der Waals surface area contributed by atoms with Crippen molar-refractivity contribution < 1.29 is 8.42 Å². The van der Waals surface area contributed by atoms with E-state index in [1.165, 1.54) is 6.20 Å². The molecule has 0 saturated carbocycles. The monoisotopic (exact) mass is 399 g/mol. The summed E-state index contributed by atoms with van der Waals surface area (Å²) in [6, 6.07) is 3.20. The zero-order valence-electron chi connectivity index (χ0n) is 15.7. The number of anilines is 1. The average Bonchev–Trinajstić information content (AvgIpc) is 2.60. The van der Waals surface area contributed by atoms with Gasteiger partial charge < -0.3 is 5.32 Å². The Kier molecular flexibility index (Phi) is 7.60. The molecule has 1 aromatic rings. The molecule has 2 heterocycles. The molecule has 1 aliphatic rings. The van der Waals surface area contributed by atoms with E-state index in [1.807, 2.05) is 0 Å². The molecule has 0 radical (unpaired) electrons. The first-order chi connectivity index (χ1) is 12.3. The van der Waals surface area contributed by atoms with Crippen molar-refractivity contribution in [2.24, 2.45) is 11.8 Å². The van der Waals surface area contributed by atoms with E-state index in [2.05, 4.69) is 41.9 Å². The highest BCUT2D eigenvalue weighted by molar-refractivity contribution is 7.89. The maximum absolute atomic E-state index is 12.8. The van der Waals surface area contributed by atoms with E-state index < -0.39 is 10.0 Å². The lowest BCUT2D eigenvalue weighted by Gasteiger charge is -2.33. The lowest BCUT2D eigenvalue weighted by atomic mass is 9.94. The van der Waals surface area contributed by atoms with E-state index in [-0.39, 0.29) is 4.90 Å². The van der Waals surface area contributed by atoms with Crippen LogP contribution in [0, 0.1) is 11.8 Å². The molecule has 1 saturated heterocycles. The molecule has 0 spiro atoms. The second-order valence-corrected chi connectivity index (χ2v) is 9.35. The number of unbranched alkanes of at least 4 members (excludes halogenated alkanes) is 1. The second kappa shape index (κ2) is 9.48. The van der Waals surface area contributed by atoms with Gasteiger partial charge in [0.05, 0.1) is 0 Å². The fourth-order valence-corrected chi connectivity index (χ4v) is 4.88. The molecule has 0 bridgehead atoms. The zero-order chi connectivity index (χ0) is 19.2. The van der Waals surface area contributed by atoms with Gasteiger partial charge in [-0.15, -0.1) is 0 Å². The predicted octanol–water partition coefficient (Wildman–Crippen LogP) is 2.34. The number of piperidine rings is 1. The fraction of sp³-hybridized carbons (Fsp3) is 0.647. The number of pyridine rings is 1. The summed E-state index contributed by atoms with van der Waals surface area (Å²) < 4.78 is 27.2. The smallest absolute Gasteiger partial charge is 0.244 e. The SMILES string of the molecule is CCCCNC(=S)NNc1ccc(S(=O)(=O)N2C[C@@H](C)C[C@H](C)C2)cn1. The number of hydrogen-bond acceptors (Lipinski definition) is 5. The van der Waals surface area contributed by atoms with Gasteiger partial charge in [0.1, 0.15) is 10.7 Å². The maximum Gasteiger partial charge on any atom is 0.244 e. The van der Waals surface area contributed by atoms with Crippen molar-refractivity contribution in [2.45, 2.75) is 44.9 Å². The van der Waals surface area contributed by atoms with Gasteiger partial charge in [-0.05, 0) is 49.0 Å². The van der Waals surface area contributed by atoms with E-state index in [4.69, 9.17) is 12.2 Å². The first-order valence-electron chi connectivity index (χ1n) is 9.09. The molecule has 3 N–H and O–H groups in total. The number of nitrogens with zero attached hydrogens (tertiary/aromatic N) is 2. The van der Waals surface area contributed by atoms with Crippen LogP contribution in [0.2, 0.25) is 0 Å². The van der Waals surface area contributed by atoms with Crippen LogP contribution in [0.5, 0.6) is 0 Å². The minimum atomic E-state index is -3.51. The minimum Gasteiger partial charge on any atom is -0.361 e. The summed E-state index contributed by atoms with van der Waals surface area (Å²) in [5.74, 6) is 1.24. The summed E-state index contributed by atoms with van der Waals surface area (Å²) in [4.78, 5) is 4.40. The van der Waals surface area contributed by atoms with Crippen LogP contribution < -0.4 is 16.2 Å². The van der Waals surface area contributed by atoms with Crippen molar-refractivity contribution in [3.63, 3.8) is 0 Å². The summed E-state index contributed by atoms with van der Waals surface area (Å²) in [6.07, 6.45) is 4.58. The van der Waals surface area contributed by atoms with Crippen LogP contribution in [-0.4, -0.2) is 42.5 Å². The molecular formula is C17H29N5O2S2. The molecule has 1 aromatic heterocycles. The van der Waals surface area contributed by atoms with Gasteiger partial charge >= 0.3 is 0 Å². The average molecular weight is 400 g/mol. The van der Waals surface area contributed by atoms with Crippen LogP contribution >= 0.6 is 12.2 Å². The molecule has 0 aliphatic carbocycles. The van der Waals surface area contributed by atoms with Crippen LogP contribution in [0.4, 0.5) is 5.82 Å². The molecule has 0 amide bonds. The van der Waals surface area contributed by atoms with Crippen LogP contribution in [0.3, 0.4) is 0 Å². The van der Waals surface area contributed by atoms with Crippen molar-refractivity contribution in [2.75, 3.05) is 25.1 Å². The van der Waals surface area contributed by atoms with Gasteiger partial charge in [0.25, 0.3) is 0 Å². The van der Waals surface area contributed by atoms with E-state index >= 15 is 0 Å². The summed E-state index contributed by atoms with van der Waals surface area (Å²) in [5, 5.41) is 3.55. The molecule has 26 heavy (non-hydrogen) atoms. The Bertz CT molecular complexity index is 684. The Morgan fingerprint density at radius 2 is 2.00 bits per heavy atom. The van der Waals surface area contributed by atoms with Gasteiger partial charge in [0, 0.05) is 25.8 Å². The van der Waals surface area contributed by atoms with Gasteiger partial charge in [0.15, 0.2) is 5.11 Å². The molecule has 2 atom stereocenters. The highest BCUT2D eigenvalue weighted by Crippen LogP contribution is 2.26. The quantitative estimate of drug-likeness (QED) is 0.368. The molecule has 146 valence electrons. The lowest BCUT2D eigenvalue weighted by molar-refractivity contribution is 0.222. The second-order valence-electron chi connectivity index (χ2n) is 7.01. The van der Waals surface area contributed by atoms with Crippen LogP contribution in [0.25, 0.3) is 0 Å². The number of rotatable bonds is 7. The summed E-state index contributed by atoms with van der Waals surface area (Å²) in [5.41, 5.74) is 5.71. The van der Waals surface area contributed by atoms with E-state index in [9.17, 15) is 8.42 Å². The zero-order valence-corrected chi connectivity index (χ0v) is 17.3. The van der Waals surface area contributed by atoms with Gasteiger partial charge in [0.2, 0.25) is 10.0 Å². The summed E-state index contributed by atoms with van der Waals surface area (Å²) in [7, 11) is -3.51. The molecule has 7 nitrogen and oxygen atoms in total. The first-order valence-corrected chi connectivity index (χ1v) is 10.9. The third kappa shape index (κ3) is 5.78. The van der Waals surface area contributed by atoms with Crippen LogP contribution in [-0.2, 0) is 10.0 Å². The number of sulfonamides is 1. The standard InChI is InChI=1S/C17H29N5O2S2/c1-4-5-8-18-17(25)21-20-16-7-6-15(10-19-16)26(23,24)22-11-13(2)9-14(3)12-22/h6-7,10,13-14H,4-5,8-9,11-12H2,1-3H3,(H,19,20)(H2,18,21,25)/t13-,14-/m0/s1. The van der Waals surface area contributed by atoms with Crippen molar-refractivity contribution in [3.05, 3.63) is 18.3 Å². The summed E-state index contributed by atoms with van der Waals surface area (Å²) >= 11 is 5.14. The van der Waals surface area contributed by atoms with Crippen molar-refractivity contribution >= 4 is 33.2 Å². The topological polar surface area (TPSA) is 86.4 Å². The van der Waals surface area contributed by atoms with E-state index in [0.29, 0.717) is 35.9 Å². The van der Waals surface area contributed by atoms with Crippen molar-refractivity contribution in [1.29, 1.82) is 0 Å². The molecule has 2 rings (SSSR count). The minimum absolute atomic E-state index is 0.216. The fourth-order valence-electron chi connectivity index (χ4n) is 3.10. The molecule has 9 heteroatoms. The van der Waals surface area contributed by atoms with Gasteiger partial charge in [-0.25, -0.2) is 13.4 Å². The Balaban J connectivity index is 1.94. The third-order valence-corrected chi connectivity index (χ3v) is 6.39. The lowest BCUT2D eigenvalue weighted by Crippen LogP contribution is -2.42. The largest absolute Gasteiger partial charge is 0.361 e. The van der Waals surface area contributed by atoms with Crippen LogP contribution in [0.1, 0.15) is 40.0 Å². The molecule has 1 fully saturated rings. The van der Waals surface area contributed by atoms with Crippen LogP contribution in [0.15, 0.2) is 23.2 Å². The number of hydrazine groups is 1. The molecular weight excluding hydrogens is 370 g/mol. The van der Waals surface area contributed by atoms with E-state index in [1.54, 1.807) is 16.4 Å². The Morgan fingerprint density at radius 3 is 2.58 bits per heavy atom. The van der Waals surface area contributed by atoms with Gasteiger partial charge in [-0.3, -0.25) is 10.9 Å². The van der Waals surface area contributed by atoms with Crippen molar-refractivity contribution in [1.82, 2.24) is 20.0 Å². The maximum atomic E-state index is 12.8.